The predicted octanol–water partition coefficient (Wildman–Crippen LogP) is 0.618. The summed E-state index contributed by atoms with van der Waals surface area (Å²) in [6, 6.07) is 0. The fraction of sp³-hybridized carbons (Fsp3) is 0.857. The molecule has 0 aromatic heterocycles. The van der Waals surface area contributed by atoms with E-state index in [0.29, 0.717) is 6.61 Å². The first kappa shape index (κ1) is 7.54. The average Bonchev–Trinajstić information content (AvgIpc) is 2.71. The quantitative estimate of drug-likeness (QED) is 0.347. The first-order valence-electron chi connectivity index (χ1n) is 3.73. The Morgan fingerprint density at radius 1 is 1.70 bits per heavy atom. The largest absolute Gasteiger partial charge is 0.395 e. The van der Waals surface area contributed by atoms with Crippen LogP contribution in [0.5, 0.6) is 0 Å². The summed E-state index contributed by atoms with van der Waals surface area (Å²) in [5.74, 6) is 0.717. The van der Waals surface area contributed by atoms with E-state index in [-0.39, 0.29) is 0 Å². The van der Waals surface area contributed by atoms with Crippen LogP contribution in [0.15, 0.2) is 5.16 Å². The molecule has 1 aliphatic rings. The van der Waals surface area contributed by atoms with Crippen LogP contribution in [0.1, 0.15) is 12.8 Å². The maximum Gasteiger partial charge on any atom is 0.129 e. The summed E-state index contributed by atoms with van der Waals surface area (Å²) in [5.41, 5.74) is 0. The van der Waals surface area contributed by atoms with Crippen LogP contribution in [-0.2, 0) is 4.84 Å². The Morgan fingerprint density at radius 3 is 3.10 bits per heavy atom. The highest BCUT2D eigenvalue weighted by Crippen LogP contribution is 2.26. The van der Waals surface area contributed by atoms with Crippen LogP contribution >= 0.6 is 0 Å². The SMILES string of the molecule is CNCCON=CC1CC1. The molecule has 1 N–H and O–H groups in total. The monoisotopic (exact) mass is 142 g/mol. The van der Waals surface area contributed by atoms with Gasteiger partial charge in [0.25, 0.3) is 0 Å². The molecule has 0 amide bonds. The Morgan fingerprint density at radius 2 is 2.50 bits per heavy atom. The minimum Gasteiger partial charge on any atom is -0.395 e. The number of hydrogen-bond donors (Lipinski definition) is 1. The van der Waals surface area contributed by atoms with Crippen LogP contribution in [0.4, 0.5) is 0 Å². The van der Waals surface area contributed by atoms with Gasteiger partial charge in [-0.05, 0) is 25.8 Å². The van der Waals surface area contributed by atoms with Crippen molar-refractivity contribution in [2.45, 2.75) is 12.8 Å². The average molecular weight is 142 g/mol. The minimum atomic E-state index is 0.666. The molecule has 0 aromatic carbocycles. The zero-order valence-corrected chi connectivity index (χ0v) is 6.34. The van der Waals surface area contributed by atoms with Gasteiger partial charge in [0.1, 0.15) is 6.61 Å². The van der Waals surface area contributed by atoms with E-state index in [1.165, 1.54) is 12.8 Å². The van der Waals surface area contributed by atoms with E-state index in [2.05, 4.69) is 10.5 Å². The van der Waals surface area contributed by atoms with Crippen molar-refractivity contribution in [3.05, 3.63) is 0 Å². The third-order valence-electron chi connectivity index (χ3n) is 1.41. The number of oxime groups is 1. The molecule has 10 heavy (non-hydrogen) atoms. The van der Waals surface area contributed by atoms with Gasteiger partial charge >= 0.3 is 0 Å². The molecule has 1 fully saturated rings. The molecule has 0 unspecified atom stereocenters. The van der Waals surface area contributed by atoms with Gasteiger partial charge < -0.3 is 10.2 Å². The van der Waals surface area contributed by atoms with E-state index >= 15 is 0 Å². The van der Waals surface area contributed by atoms with Crippen LogP contribution < -0.4 is 5.32 Å². The molecule has 0 heterocycles. The predicted molar refractivity (Wildman–Crippen MR) is 41.1 cm³/mol. The van der Waals surface area contributed by atoms with Gasteiger partial charge in [-0.15, -0.1) is 0 Å². The first-order chi connectivity index (χ1) is 4.93. The smallest absolute Gasteiger partial charge is 0.129 e. The van der Waals surface area contributed by atoms with Gasteiger partial charge in [-0.3, -0.25) is 0 Å². The number of rotatable bonds is 5. The van der Waals surface area contributed by atoms with E-state index in [4.69, 9.17) is 4.84 Å². The van der Waals surface area contributed by atoms with E-state index in [1.807, 2.05) is 13.3 Å². The van der Waals surface area contributed by atoms with Gasteiger partial charge in [0, 0.05) is 12.8 Å². The Kier molecular flexibility index (Phi) is 3.22. The Hall–Kier alpha value is -0.570. The molecule has 1 rings (SSSR count). The van der Waals surface area contributed by atoms with Crippen LogP contribution in [-0.4, -0.2) is 26.4 Å². The number of likely N-dealkylation sites (N-methyl/N-ethyl adjacent to an activating group) is 1. The standard InChI is InChI=1S/C7H14N2O/c1-8-4-5-10-9-6-7-2-3-7/h6-8H,2-5H2,1H3. The van der Waals surface area contributed by atoms with Crippen molar-refractivity contribution < 1.29 is 4.84 Å². The fourth-order valence-corrected chi connectivity index (χ4v) is 0.575. The Labute approximate surface area is 61.4 Å². The van der Waals surface area contributed by atoms with Crippen LogP contribution in [0.25, 0.3) is 0 Å². The second-order valence-corrected chi connectivity index (χ2v) is 2.53. The lowest BCUT2D eigenvalue weighted by molar-refractivity contribution is 0.148. The first-order valence-corrected chi connectivity index (χ1v) is 3.73. The van der Waals surface area contributed by atoms with Crippen LogP contribution in [0, 0.1) is 5.92 Å². The van der Waals surface area contributed by atoms with Gasteiger partial charge in [0.05, 0.1) is 0 Å². The maximum atomic E-state index is 4.93. The lowest BCUT2D eigenvalue weighted by atomic mass is 10.5. The fourth-order valence-electron chi connectivity index (χ4n) is 0.575. The van der Waals surface area contributed by atoms with Crippen molar-refractivity contribution in [3.63, 3.8) is 0 Å². The maximum absolute atomic E-state index is 4.93. The summed E-state index contributed by atoms with van der Waals surface area (Å²) >= 11 is 0. The molecule has 3 heteroatoms. The second kappa shape index (κ2) is 4.28. The van der Waals surface area contributed by atoms with Gasteiger partial charge in [0.15, 0.2) is 0 Å². The molecule has 0 bridgehead atoms. The van der Waals surface area contributed by atoms with Crippen LogP contribution in [0.3, 0.4) is 0 Å². The summed E-state index contributed by atoms with van der Waals surface area (Å²) < 4.78 is 0. The molecular formula is C7H14N2O. The third kappa shape index (κ3) is 3.45. The van der Waals surface area contributed by atoms with E-state index in [1.54, 1.807) is 0 Å². The summed E-state index contributed by atoms with van der Waals surface area (Å²) in [6.45, 7) is 1.53. The lowest BCUT2D eigenvalue weighted by Gasteiger charge is -1.95. The molecule has 0 radical (unpaired) electrons. The van der Waals surface area contributed by atoms with Crippen LogP contribution in [0.2, 0.25) is 0 Å². The zero-order valence-electron chi connectivity index (χ0n) is 6.34. The molecule has 0 saturated heterocycles. The van der Waals surface area contributed by atoms with Gasteiger partial charge in [0.2, 0.25) is 0 Å². The van der Waals surface area contributed by atoms with E-state index in [9.17, 15) is 0 Å². The minimum absolute atomic E-state index is 0.666. The molecule has 0 aromatic rings. The van der Waals surface area contributed by atoms with Crippen molar-refractivity contribution >= 4 is 6.21 Å². The van der Waals surface area contributed by atoms with E-state index < -0.39 is 0 Å². The highest BCUT2D eigenvalue weighted by Gasteiger charge is 2.18. The number of nitrogens with zero attached hydrogens (tertiary/aromatic N) is 1. The molecule has 1 saturated carbocycles. The molecular weight excluding hydrogens is 128 g/mol. The normalized spacial score (nSPS) is 18.1. The van der Waals surface area contributed by atoms with Crippen molar-refractivity contribution in [1.82, 2.24) is 5.32 Å². The van der Waals surface area contributed by atoms with Gasteiger partial charge in [-0.2, -0.15) is 0 Å². The summed E-state index contributed by atoms with van der Waals surface area (Å²) in [7, 11) is 1.90. The zero-order chi connectivity index (χ0) is 7.23. The topological polar surface area (TPSA) is 33.6 Å². The molecule has 1 aliphatic carbocycles. The van der Waals surface area contributed by atoms with Crippen molar-refractivity contribution in [2.24, 2.45) is 11.1 Å². The van der Waals surface area contributed by atoms with Crippen molar-refractivity contribution in [1.29, 1.82) is 0 Å². The van der Waals surface area contributed by atoms with Gasteiger partial charge in [-0.1, -0.05) is 5.16 Å². The van der Waals surface area contributed by atoms with Gasteiger partial charge in [-0.25, -0.2) is 0 Å². The van der Waals surface area contributed by atoms with E-state index in [0.717, 1.165) is 12.5 Å². The highest BCUT2D eigenvalue weighted by molar-refractivity contribution is 5.62. The molecule has 0 atom stereocenters. The summed E-state index contributed by atoms with van der Waals surface area (Å²) in [6.07, 6.45) is 4.48. The Bertz CT molecular complexity index is 110. The lowest BCUT2D eigenvalue weighted by Crippen LogP contribution is -2.12. The summed E-state index contributed by atoms with van der Waals surface area (Å²) in [5, 5.41) is 6.78. The number of nitrogens with one attached hydrogen (secondary N) is 1. The molecule has 0 spiro atoms. The Balaban J connectivity index is 1.83. The molecule has 0 aliphatic heterocycles. The third-order valence-corrected chi connectivity index (χ3v) is 1.41. The van der Waals surface area contributed by atoms with Crippen molar-refractivity contribution in [2.75, 3.05) is 20.2 Å². The number of hydrogen-bond acceptors (Lipinski definition) is 3. The molecule has 58 valence electrons. The summed E-state index contributed by atoms with van der Waals surface area (Å²) in [4.78, 5) is 4.93. The van der Waals surface area contributed by atoms with Crippen molar-refractivity contribution in [3.8, 4) is 0 Å². The highest BCUT2D eigenvalue weighted by atomic mass is 16.6. The molecule has 3 nitrogen and oxygen atoms in total. The second-order valence-electron chi connectivity index (χ2n) is 2.53.